The second-order valence-electron chi connectivity index (χ2n) is 6.09. The van der Waals surface area contributed by atoms with Gasteiger partial charge in [0.25, 0.3) is 5.56 Å². The van der Waals surface area contributed by atoms with Gasteiger partial charge in [-0.2, -0.15) is 0 Å². The monoisotopic (exact) mass is 402 g/mol. The van der Waals surface area contributed by atoms with Gasteiger partial charge in [0.2, 0.25) is 5.91 Å². The third-order valence-corrected chi connectivity index (χ3v) is 6.12. The predicted octanol–water partition coefficient (Wildman–Crippen LogP) is 2.04. The molecule has 2 atom stereocenters. The number of aromatic nitrogens is 2. The minimum atomic E-state index is -0.0747. The Labute approximate surface area is 161 Å². The topological polar surface area (TPSA) is 89.5 Å². The number of halogens is 1. The van der Waals surface area contributed by atoms with Gasteiger partial charge in [0.05, 0.1) is 11.4 Å². The first kappa shape index (κ1) is 20.2. The maximum atomic E-state index is 12.1. The Morgan fingerprint density at radius 1 is 1.44 bits per heavy atom. The van der Waals surface area contributed by atoms with Gasteiger partial charge in [-0.05, 0) is 25.3 Å². The van der Waals surface area contributed by atoms with E-state index in [1.807, 2.05) is 5.38 Å². The molecule has 1 saturated carbocycles. The number of nitrogens with one attached hydrogen (secondary N) is 1. The maximum absolute atomic E-state index is 12.1. The van der Waals surface area contributed by atoms with Crippen LogP contribution in [0.15, 0.2) is 22.4 Å². The van der Waals surface area contributed by atoms with Crippen molar-refractivity contribution >= 4 is 46.4 Å². The van der Waals surface area contributed by atoms with E-state index in [1.165, 1.54) is 40.0 Å². The predicted molar refractivity (Wildman–Crippen MR) is 106 cm³/mol. The molecule has 138 valence electrons. The van der Waals surface area contributed by atoms with Crippen LogP contribution in [-0.4, -0.2) is 33.6 Å². The summed E-state index contributed by atoms with van der Waals surface area (Å²) in [5, 5.41) is 4.96. The van der Waals surface area contributed by atoms with Crippen LogP contribution in [0.3, 0.4) is 0 Å². The normalized spacial score (nSPS) is 20.2. The van der Waals surface area contributed by atoms with E-state index in [0.717, 1.165) is 25.0 Å². The molecule has 0 aliphatic heterocycles. The van der Waals surface area contributed by atoms with Gasteiger partial charge in [-0.25, -0.2) is 4.98 Å². The van der Waals surface area contributed by atoms with Crippen molar-refractivity contribution in [2.45, 2.75) is 37.5 Å². The molecule has 25 heavy (non-hydrogen) atoms. The van der Waals surface area contributed by atoms with Crippen molar-refractivity contribution in [2.75, 3.05) is 12.3 Å². The molecule has 1 aliphatic rings. The first-order valence-electron chi connectivity index (χ1n) is 8.20. The molecule has 1 fully saturated rings. The van der Waals surface area contributed by atoms with E-state index >= 15 is 0 Å². The lowest BCUT2D eigenvalue weighted by atomic mass is 9.84. The Kier molecular flexibility index (Phi) is 7.74. The van der Waals surface area contributed by atoms with Crippen LogP contribution < -0.4 is 16.6 Å². The van der Waals surface area contributed by atoms with Crippen molar-refractivity contribution in [2.24, 2.45) is 11.7 Å². The van der Waals surface area contributed by atoms with Crippen LogP contribution in [0.25, 0.3) is 4.96 Å². The molecule has 1 aliphatic carbocycles. The SMILES string of the molecule is Cl.NCC1CCCCC1NC(=O)CSCc1cc(=O)n2ccsc2n1. The summed E-state index contributed by atoms with van der Waals surface area (Å²) in [7, 11) is 0. The first-order chi connectivity index (χ1) is 11.7. The fraction of sp³-hybridized carbons (Fsp3) is 0.562. The average molecular weight is 403 g/mol. The Hall–Kier alpha value is -1.09. The number of thioether (sulfide) groups is 1. The quantitative estimate of drug-likeness (QED) is 0.771. The van der Waals surface area contributed by atoms with E-state index in [0.29, 0.717) is 28.9 Å². The highest BCUT2D eigenvalue weighted by atomic mass is 35.5. The molecule has 0 spiro atoms. The number of fused-ring (bicyclic) bond motifs is 1. The highest BCUT2D eigenvalue weighted by Crippen LogP contribution is 2.23. The van der Waals surface area contributed by atoms with E-state index < -0.39 is 0 Å². The summed E-state index contributed by atoms with van der Waals surface area (Å²) >= 11 is 2.92. The van der Waals surface area contributed by atoms with Gasteiger partial charge in [-0.3, -0.25) is 14.0 Å². The lowest BCUT2D eigenvalue weighted by Crippen LogP contribution is -2.45. The van der Waals surface area contributed by atoms with Crippen LogP contribution in [0, 0.1) is 5.92 Å². The Morgan fingerprint density at radius 2 is 2.24 bits per heavy atom. The maximum Gasteiger partial charge on any atom is 0.258 e. The minimum absolute atomic E-state index is 0. The van der Waals surface area contributed by atoms with Gasteiger partial charge in [0.15, 0.2) is 4.96 Å². The van der Waals surface area contributed by atoms with Crippen LogP contribution in [0.2, 0.25) is 0 Å². The number of carbonyl (C=O) groups is 1. The lowest BCUT2D eigenvalue weighted by Gasteiger charge is -2.31. The number of thiazole rings is 1. The van der Waals surface area contributed by atoms with Gasteiger partial charge in [-0.1, -0.05) is 12.8 Å². The molecular weight excluding hydrogens is 380 g/mol. The van der Waals surface area contributed by atoms with Crippen molar-refractivity contribution in [3.8, 4) is 0 Å². The Balaban J connectivity index is 0.00000225. The zero-order chi connectivity index (χ0) is 16.9. The van der Waals surface area contributed by atoms with Crippen molar-refractivity contribution in [3.05, 3.63) is 33.7 Å². The smallest absolute Gasteiger partial charge is 0.258 e. The second-order valence-corrected chi connectivity index (χ2v) is 7.95. The van der Waals surface area contributed by atoms with Gasteiger partial charge in [-0.15, -0.1) is 35.5 Å². The number of hydrogen-bond donors (Lipinski definition) is 2. The molecule has 3 rings (SSSR count). The number of hydrogen-bond acceptors (Lipinski definition) is 6. The Bertz CT molecular complexity index is 764. The fourth-order valence-corrected chi connectivity index (χ4v) is 4.60. The number of rotatable bonds is 6. The van der Waals surface area contributed by atoms with E-state index in [4.69, 9.17) is 5.73 Å². The lowest BCUT2D eigenvalue weighted by molar-refractivity contribution is -0.119. The van der Waals surface area contributed by atoms with Crippen molar-refractivity contribution in [3.63, 3.8) is 0 Å². The zero-order valence-corrected chi connectivity index (χ0v) is 16.3. The van der Waals surface area contributed by atoms with Crippen molar-refractivity contribution in [1.82, 2.24) is 14.7 Å². The molecule has 6 nitrogen and oxygen atoms in total. The minimum Gasteiger partial charge on any atom is -0.352 e. The molecule has 2 heterocycles. The molecule has 0 bridgehead atoms. The van der Waals surface area contributed by atoms with Gasteiger partial charge in [0.1, 0.15) is 0 Å². The summed E-state index contributed by atoms with van der Waals surface area (Å²) in [5.41, 5.74) is 6.45. The third-order valence-electron chi connectivity index (χ3n) is 4.40. The second kappa shape index (κ2) is 9.56. The number of carbonyl (C=O) groups excluding carboxylic acids is 1. The van der Waals surface area contributed by atoms with E-state index in [9.17, 15) is 9.59 Å². The van der Waals surface area contributed by atoms with E-state index in [2.05, 4.69) is 10.3 Å². The van der Waals surface area contributed by atoms with Crippen molar-refractivity contribution in [1.29, 1.82) is 0 Å². The highest BCUT2D eigenvalue weighted by molar-refractivity contribution is 7.99. The van der Waals surface area contributed by atoms with Crippen LogP contribution in [-0.2, 0) is 10.5 Å². The van der Waals surface area contributed by atoms with Crippen LogP contribution in [0.1, 0.15) is 31.4 Å². The summed E-state index contributed by atoms with van der Waals surface area (Å²) in [5.74, 6) is 1.37. The van der Waals surface area contributed by atoms with Crippen LogP contribution in [0.5, 0.6) is 0 Å². The largest absolute Gasteiger partial charge is 0.352 e. The average Bonchev–Trinajstić information content (AvgIpc) is 3.04. The summed E-state index contributed by atoms with van der Waals surface area (Å²) in [6.45, 7) is 0.632. The molecule has 1 amide bonds. The molecule has 9 heteroatoms. The molecule has 0 aromatic carbocycles. The first-order valence-corrected chi connectivity index (χ1v) is 10.2. The summed E-state index contributed by atoms with van der Waals surface area (Å²) in [4.78, 5) is 29.2. The molecule has 0 saturated heterocycles. The molecular formula is C16H23ClN4O2S2. The van der Waals surface area contributed by atoms with Crippen molar-refractivity contribution < 1.29 is 4.79 Å². The third kappa shape index (κ3) is 5.20. The van der Waals surface area contributed by atoms with E-state index in [-0.39, 0.29) is 29.9 Å². The fourth-order valence-electron chi connectivity index (χ4n) is 3.14. The molecule has 2 aromatic heterocycles. The molecule has 2 aromatic rings. The zero-order valence-electron chi connectivity index (χ0n) is 13.8. The molecule has 2 unspecified atom stereocenters. The number of nitrogens with two attached hydrogens (primary N) is 1. The highest BCUT2D eigenvalue weighted by Gasteiger charge is 2.25. The van der Waals surface area contributed by atoms with Crippen LogP contribution in [0.4, 0.5) is 0 Å². The van der Waals surface area contributed by atoms with Crippen LogP contribution >= 0.6 is 35.5 Å². The number of nitrogens with zero attached hydrogens (tertiary/aromatic N) is 2. The molecule has 3 N–H and O–H groups in total. The summed E-state index contributed by atoms with van der Waals surface area (Å²) in [6.07, 6.45) is 6.20. The molecule has 0 radical (unpaired) electrons. The standard InChI is InChI=1S/C16H22N4O2S2.ClH/c17-8-11-3-1-2-4-13(11)19-14(21)10-23-9-12-7-15(22)20-5-6-24-16(20)18-12;/h5-7,11,13H,1-4,8-10,17H2,(H,19,21);1H. The Morgan fingerprint density at radius 3 is 3.04 bits per heavy atom. The van der Waals surface area contributed by atoms with Gasteiger partial charge >= 0.3 is 0 Å². The summed E-state index contributed by atoms with van der Waals surface area (Å²) in [6, 6.07) is 1.75. The van der Waals surface area contributed by atoms with E-state index in [1.54, 1.807) is 6.20 Å². The summed E-state index contributed by atoms with van der Waals surface area (Å²) < 4.78 is 1.53. The van der Waals surface area contributed by atoms with Gasteiger partial charge in [0, 0.05) is 29.4 Å². The van der Waals surface area contributed by atoms with Gasteiger partial charge < -0.3 is 11.1 Å². The number of amides is 1.